The summed E-state index contributed by atoms with van der Waals surface area (Å²) >= 11 is 0. The van der Waals surface area contributed by atoms with Crippen molar-refractivity contribution >= 4 is 17.4 Å². The summed E-state index contributed by atoms with van der Waals surface area (Å²) in [6.45, 7) is 4.49. The maximum atomic E-state index is 13.5. The standard InChI is InChI=1S/C21H25F2N3O/c1-2-25(19-9-6-17(22)7-10-19)14-12-24-21(27)26-13-4-3-5-16-15-18(23)8-11-20(16)26/h6-11,15H,2-5,12-14H2,1H3,(H,24,27). The molecule has 1 aliphatic rings. The van der Waals surface area contributed by atoms with Gasteiger partial charge in [0.15, 0.2) is 0 Å². The van der Waals surface area contributed by atoms with Crippen molar-refractivity contribution in [2.45, 2.75) is 26.2 Å². The Kier molecular flexibility index (Phi) is 6.27. The molecule has 1 heterocycles. The molecule has 144 valence electrons. The summed E-state index contributed by atoms with van der Waals surface area (Å²) in [6, 6.07) is 10.8. The second-order valence-corrected chi connectivity index (χ2v) is 6.67. The monoisotopic (exact) mass is 373 g/mol. The lowest BCUT2D eigenvalue weighted by Crippen LogP contribution is -2.43. The van der Waals surface area contributed by atoms with Gasteiger partial charge in [-0.2, -0.15) is 0 Å². The van der Waals surface area contributed by atoms with Crippen molar-refractivity contribution in [1.29, 1.82) is 0 Å². The molecule has 0 radical (unpaired) electrons. The summed E-state index contributed by atoms with van der Waals surface area (Å²) < 4.78 is 26.6. The van der Waals surface area contributed by atoms with Gasteiger partial charge in [0.1, 0.15) is 11.6 Å². The topological polar surface area (TPSA) is 35.6 Å². The van der Waals surface area contributed by atoms with Crippen LogP contribution in [0.15, 0.2) is 42.5 Å². The van der Waals surface area contributed by atoms with Gasteiger partial charge in [0.05, 0.1) is 0 Å². The fourth-order valence-electron chi connectivity index (χ4n) is 3.45. The van der Waals surface area contributed by atoms with E-state index in [4.69, 9.17) is 0 Å². The molecule has 1 N–H and O–H groups in total. The molecule has 2 aromatic carbocycles. The molecular weight excluding hydrogens is 348 g/mol. The van der Waals surface area contributed by atoms with Crippen molar-refractivity contribution in [3.8, 4) is 0 Å². The van der Waals surface area contributed by atoms with Crippen LogP contribution in [0.1, 0.15) is 25.3 Å². The summed E-state index contributed by atoms with van der Waals surface area (Å²) in [7, 11) is 0. The van der Waals surface area contributed by atoms with E-state index in [1.807, 2.05) is 6.92 Å². The Morgan fingerprint density at radius 3 is 2.59 bits per heavy atom. The van der Waals surface area contributed by atoms with Crippen LogP contribution in [0.3, 0.4) is 0 Å². The van der Waals surface area contributed by atoms with Gasteiger partial charge in [-0.3, -0.25) is 4.90 Å². The van der Waals surface area contributed by atoms with Crippen molar-refractivity contribution in [2.24, 2.45) is 0 Å². The zero-order chi connectivity index (χ0) is 19.2. The van der Waals surface area contributed by atoms with Crippen molar-refractivity contribution in [3.05, 3.63) is 59.7 Å². The van der Waals surface area contributed by atoms with Gasteiger partial charge in [-0.15, -0.1) is 0 Å². The summed E-state index contributed by atoms with van der Waals surface area (Å²) in [5.41, 5.74) is 2.59. The largest absolute Gasteiger partial charge is 0.370 e. The van der Waals surface area contributed by atoms with Gasteiger partial charge in [0, 0.05) is 37.6 Å². The number of anilines is 2. The van der Waals surface area contributed by atoms with E-state index in [2.05, 4.69) is 10.2 Å². The van der Waals surface area contributed by atoms with Crippen LogP contribution < -0.4 is 15.1 Å². The number of fused-ring (bicyclic) bond motifs is 1. The average Bonchev–Trinajstić information content (AvgIpc) is 2.88. The van der Waals surface area contributed by atoms with Gasteiger partial charge in [-0.1, -0.05) is 0 Å². The Morgan fingerprint density at radius 1 is 1.11 bits per heavy atom. The Bertz CT molecular complexity index is 779. The second-order valence-electron chi connectivity index (χ2n) is 6.67. The first-order valence-corrected chi connectivity index (χ1v) is 9.43. The van der Waals surface area contributed by atoms with Crippen molar-refractivity contribution in [2.75, 3.05) is 36.0 Å². The van der Waals surface area contributed by atoms with Crippen LogP contribution >= 0.6 is 0 Å². The summed E-state index contributed by atoms with van der Waals surface area (Å²) in [4.78, 5) is 16.5. The number of halogens is 2. The van der Waals surface area contributed by atoms with E-state index >= 15 is 0 Å². The third kappa shape index (κ3) is 4.76. The van der Waals surface area contributed by atoms with Crippen LogP contribution in [0, 0.1) is 11.6 Å². The highest BCUT2D eigenvalue weighted by Crippen LogP contribution is 2.27. The molecule has 0 fully saturated rings. The van der Waals surface area contributed by atoms with Crippen molar-refractivity contribution < 1.29 is 13.6 Å². The van der Waals surface area contributed by atoms with Crippen LogP contribution in [-0.4, -0.2) is 32.2 Å². The Hall–Kier alpha value is -2.63. The molecule has 0 aromatic heterocycles. The second kappa shape index (κ2) is 8.84. The van der Waals surface area contributed by atoms with Gasteiger partial charge < -0.3 is 10.2 Å². The number of rotatable bonds is 5. The van der Waals surface area contributed by atoms with E-state index in [0.29, 0.717) is 19.6 Å². The Morgan fingerprint density at radius 2 is 1.85 bits per heavy atom. The number of carbonyl (C=O) groups excluding carboxylic acids is 1. The fraction of sp³-hybridized carbons (Fsp3) is 0.381. The van der Waals surface area contributed by atoms with Gasteiger partial charge in [-0.05, 0) is 74.2 Å². The number of carbonyl (C=O) groups is 1. The van der Waals surface area contributed by atoms with Crippen LogP contribution in [0.25, 0.3) is 0 Å². The number of hydrogen-bond acceptors (Lipinski definition) is 2. The lowest BCUT2D eigenvalue weighted by molar-refractivity contribution is 0.246. The van der Waals surface area contributed by atoms with E-state index in [1.54, 1.807) is 23.1 Å². The SMILES string of the molecule is CCN(CCNC(=O)N1CCCCc2cc(F)ccc21)c1ccc(F)cc1. The molecule has 0 aliphatic carbocycles. The van der Waals surface area contributed by atoms with E-state index in [0.717, 1.165) is 42.7 Å². The van der Waals surface area contributed by atoms with E-state index in [9.17, 15) is 13.6 Å². The van der Waals surface area contributed by atoms with Gasteiger partial charge in [0.2, 0.25) is 0 Å². The molecule has 2 amide bonds. The molecule has 1 aliphatic heterocycles. The van der Waals surface area contributed by atoms with Crippen LogP contribution in [0.2, 0.25) is 0 Å². The van der Waals surface area contributed by atoms with E-state index in [1.165, 1.54) is 24.3 Å². The number of nitrogens with one attached hydrogen (secondary N) is 1. The predicted molar refractivity (Wildman–Crippen MR) is 104 cm³/mol. The maximum Gasteiger partial charge on any atom is 0.321 e. The summed E-state index contributed by atoms with van der Waals surface area (Å²) in [6.07, 6.45) is 2.61. The predicted octanol–water partition coefficient (Wildman–Crippen LogP) is 4.34. The summed E-state index contributed by atoms with van der Waals surface area (Å²) in [5, 5.41) is 2.96. The zero-order valence-electron chi connectivity index (χ0n) is 15.5. The maximum absolute atomic E-state index is 13.5. The number of amides is 2. The molecule has 0 saturated carbocycles. The molecular formula is C21H25F2N3O. The van der Waals surface area contributed by atoms with Crippen LogP contribution in [0.4, 0.5) is 25.0 Å². The lowest BCUT2D eigenvalue weighted by Gasteiger charge is -2.26. The molecule has 0 atom stereocenters. The van der Waals surface area contributed by atoms with Crippen LogP contribution in [0.5, 0.6) is 0 Å². The third-order valence-electron chi connectivity index (χ3n) is 4.89. The molecule has 0 spiro atoms. The van der Waals surface area contributed by atoms with E-state index < -0.39 is 0 Å². The highest BCUT2D eigenvalue weighted by molar-refractivity contribution is 5.93. The first-order chi connectivity index (χ1) is 13.1. The van der Waals surface area contributed by atoms with Crippen LogP contribution in [-0.2, 0) is 6.42 Å². The molecule has 3 rings (SSSR count). The minimum absolute atomic E-state index is 0.167. The van der Waals surface area contributed by atoms with Gasteiger partial charge in [-0.25, -0.2) is 13.6 Å². The molecule has 6 heteroatoms. The fourth-order valence-corrected chi connectivity index (χ4v) is 3.45. The first kappa shape index (κ1) is 19.1. The van der Waals surface area contributed by atoms with Gasteiger partial charge in [0.25, 0.3) is 0 Å². The molecule has 4 nitrogen and oxygen atoms in total. The normalized spacial score (nSPS) is 13.7. The Labute approximate surface area is 158 Å². The lowest BCUT2D eigenvalue weighted by atomic mass is 10.1. The summed E-state index contributed by atoms with van der Waals surface area (Å²) in [5.74, 6) is -0.534. The minimum atomic E-state index is -0.270. The number of benzene rings is 2. The number of aryl methyl sites for hydroxylation is 1. The zero-order valence-corrected chi connectivity index (χ0v) is 15.5. The number of likely N-dealkylation sites (N-methyl/N-ethyl adjacent to an activating group) is 1. The minimum Gasteiger partial charge on any atom is -0.370 e. The quantitative estimate of drug-likeness (QED) is 0.846. The first-order valence-electron chi connectivity index (χ1n) is 9.43. The molecule has 27 heavy (non-hydrogen) atoms. The van der Waals surface area contributed by atoms with Crippen molar-refractivity contribution in [1.82, 2.24) is 5.32 Å². The highest BCUT2D eigenvalue weighted by Gasteiger charge is 2.21. The number of hydrogen-bond donors (Lipinski definition) is 1. The Balaban J connectivity index is 1.61. The number of nitrogens with zero attached hydrogens (tertiary/aromatic N) is 2. The number of urea groups is 1. The molecule has 0 saturated heterocycles. The molecule has 0 unspecified atom stereocenters. The van der Waals surface area contributed by atoms with Crippen molar-refractivity contribution in [3.63, 3.8) is 0 Å². The highest BCUT2D eigenvalue weighted by atomic mass is 19.1. The average molecular weight is 373 g/mol. The smallest absolute Gasteiger partial charge is 0.321 e. The van der Waals surface area contributed by atoms with E-state index in [-0.39, 0.29) is 17.7 Å². The van der Waals surface area contributed by atoms with Gasteiger partial charge >= 0.3 is 6.03 Å². The third-order valence-corrected chi connectivity index (χ3v) is 4.89. The molecule has 2 aromatic rings. The molecule has 0 bridgehead atoms.